The molecule has 1 atom stereocenters. The number of hydrogen-bond donors (Lipinski definition) is 1. The average molecular weight is 254 g/mol. The first-order valence-electron chi connectivity index (χ1n) is 5.72. The molecule has 1 fully saturated rings. The fourth-order valence-corrected chi connectivity index (χ4v) is 2.01. The highest BCUT2D eigenvalue weighted by molar-refractivity contribution is 5.64. The molecule has 1 N–H and O–H groups in total. The zero-order valence-electron chi connectivity index (χ0n) is 10.3. The summed E-state index contributed by atoms with van der Waals surface area (Å²) >= 11 is 0. The highest BCUT2D eigenvalue weighted by atomic mass is 19.1. The molecule has 1 unspecified atom stereocenters. The summed E-state index contributed by atoms with van der Waals surface area (Å²) in [5, 5.41) is 14.0. The van der Waals surface area contributed by atoms with E-state index < -0.39 is 10.7 Å². The van der Waals surface area contributed by atoms with E-state index in [1.165, 1.54) is 6.07 Å². The van der Waals surface area contributed by atoms with Gasteiger partial charge in [-0.05, 0) is 31.9 Å². The van der Waals surface area contributed by atoms with Crippen molar-refractivity contribution in [2.45, 2.75) is 25.8 Å². The van der Waals surface area contributed by atoms with Gasteiger partial charge in [-0.25, -0.2) is 4.39 Å². The number of nitrogens with one attached hydrogen (secondary N) is 1. The van der Waals surface area contributed by atoms with E-state index >= 15 is 0 Å². The summed E-state index contributed by atoms with van der Waals surface area (Å²) in [6, 6.07) is 2.42. The second-order valence-corrected chi connectivity index (χ2v) is 4.86. The van der Waals surface area contributed by atoms with Crippen LogP contribution in [-0.2, 0) is 4.74 Å². The fraction of sp³-hybridized carbons (Fsp3) is 0.500. The van der Waals surface area contributed by atoms with Gasteiger partial charge in [-0.1, -0.05) is 0 Å². The summed E-state index contributed by atoms with van der Waals surface area (Å²) in [5.41, 5.74) is 0.137. The summed E-state index contributed by atoms with van der Waals surface area (Å²) in [6.07, 6.45) is 0.764. The Morgan fingerprint density at radius 2 is 2.28 bits per heavy atom. The molecule has 1 saturated heterocycles. The van der Waals surface area contributed by atoms with Crippen LogP contribution in [0.15, 0.2) is 12.1 Å². The predicted octanol–water partition coefficient (Wildman–Crippen LogP) is 2.63. The van der Waals surface area contributed by atoms with Crippen molar-refractivity contribution in [3.05, 3.63) is 33.6 Å². The largest absolute Gasteiger partial charge is 0.379 e. The standard InChI is InChI=1S/C12H15FN2O3/c1-8-5-10(11(15(16)17)6-9(8)13)14-12(2)3-4-18-7-12/h5-6,14H,3-4,7H2,1-2H3. The number of rotatable bonds is 3. The Labute approximate surface area is 104 Å². The van der Waals surface area contributed by atoms with Crippen molar-refractivity contribution in [3.63, 3.8) is 0 Å². The first-order valence-corrected chi connectivity index (χ1v) is 5.72. The quantitative estimate of drug-likeness (QED) is 0.665. The minimum atomic E-state index is -0.579. The van der Waals surface area contributed by atoms with Crippen LogP contribution in [-0.4, -0.2) is 23.7 Å². The molecule has 2 rings (SSSR count). The molecule has 0 saturated carbocycles. The molecule has 0 aromatic heterocycles. The van der Waals surface area contributed by atoms with Gasteiger partial charge in [0.2, 0.25) is 0 Å². The molecule has 0 spiro atoms. The highest BCUT2D eigenvalue weighted by Gasteiger charge is 2.32. The molecule has 1 aromatic carbocycles. The number of aryl methyl sites for hydroxylation is 1. The molecule has 6 heteroatoms. The lowest BCUT2D eigenvalue weighted by Gasteiger charge is -2.25. The summed E-state index contributed by atoms with van der Waals surface area (Å²) in [6.45, 7) is 4.62. The molecule has 18 heavy (non-hydrogen) atoms. The van der Waals surface area contributed by atoms with Crippen LogP contribution in [0.3, 0.4) is 0 Å². The van der Waals surface area contributed by atoms with E-state index in [9.17, 15) is 14.5 Å². The minimum absolute atomic E-state index is 0.244. The van der Waals surface area contributed by atoms with Crippen LogP contribution in [0.5, 0.6) is 0 Å². The normalized spacial score (nSPS) is 23.1. The van der Waals surface area contributed by atoms with Crippen LogP contribution < -0.4 is 5.32 Å². The van der Waals surface area contributed by atoms with E-state index in [4.69, 9.17) is 4.74 Å². The molecule has 1 aliphatic rings. The molecule has 98 valence electrons. The van der Waals surface area contributed by atoms with E-state index in [2.05, 4.69) is 5.32 Å². The van der Waals surface area contributed by atoms with Gasteiger partial charge >= 0.3 is 0 Å². The monoisotopic (exact) mass is 254 g/mol. The Morgan fingerprint density at radius 3 is 2.83 bits per heavy atom. The number of nitro benzene ring substituents is 1. The molecule has 0 amide bonds. The second-order valence-electron chi connectivity index (χ2n) is 4.86. The van der Waals surface area contributed by atoms with E-state index in [0.717, 1.165) is 12.5 Å². The van der Waals surface area contributed by atoms with Gasteiger partial charge in [-0.2, -0.15) is 0 Å². The number of ether oxygens (including phenoxy) is 1. The van der Waals surface area contributed by atoms with Gasteiger partial charge in [0.1, 0.15) is 11.5 Å². The van der Waals surface area contributed by atoms with E-state index in [-0.39, 0.29) is 11.2 Å². The van der Waals surface area contributed by atoms with E-state index in [0.29, 0.717) is 24.5 Å². The van der Waals surface area contributed by atoms with Crippen LogP contribution >= 0.6 is 0 Å². The Kier molecular flexibility index (Phi) is 3.21. The summed E-state index contributed by atoms with van der Waals surface area (Å²) in [5.74, 6) is -0.569. The third-order valence-corrected chi connectivity index (χ3v) is 3.13. The number of hydrogen-bond acceptors (Lipinski definition) is 4. The first kappa shape index (κ1) is 12.8. The van der Waals surface area contributed by atoms with E-state index in [1.807, 2.05) is 6.92 Å². The van der Waals surface area contributed by atoms with Crippen LogP contribution in [0.25, 0.3) is 0 Å². The Balaban J connectivity index is 2.36. The number of nitrogens with zero attached hydrogens (tertiary/aromatic N) is 1. The molecule has 1 aromatic rings. The van der Waals surface area contributed by atoms with Crippen molar-refractivity contribution in [3.8, 4) is 0 Å². The summed E-state index contributed by atoms with van der Waals surface area (Å²) in [7, 11) is 0. The van der Waals surface area contributed by atoms with Crippen molar-refractivity contribution in [1.82, 2.24) is 0 Å². The zero-order chi connectivity index (χ0) is 13.3. The van der Waals surface area contributed by atoms with Crippen LogP contribution in [0.2, 0.25) is 0 Å². The number of halogens is 1. The smallest absolute Gasteiger partial charge is 0.295 e. The molecule has 1 aliphatic heterocycles. The highest BCUT2D eigenvalue weighted by Crippen LogP contribution is 2.32. The Morgan fingerprint density at radius 1 is 1.56 bits per heavy atom. The predicted molar refractivity (Wildman–Crippen MR) is 65.3 cm³/mol. The van der Waals surface area contributed by atoms with Gasteiger partial charge in [-0.3, -0.25) is 10.1 Å². The van der Waals surface area contributed by atoms with Gasteiger partial charge < -0.3 is 10.1 Å². The third-order valence-electron chi connectivity index (χ3n) is 3.13. The zero-order valence-corrected chi connectivity index (χ0v) is 10.3. The number of benzene rings is 1. The molecule has 0 aliphatic carbocycles. The Hall–Kier alpha value is -1.69. The lowest BCUT2D eigenvalue weighted by molar-refractivity contribution is -0.384. The van der Waals surface area contributed by atoms with Gasteiger partial charge in [0, 0.05) is 6.61 Å². The van der Waals surface area contributed by atoms with Crippen LogP contribution in [0, 0.1) is 22.9 Å². The molecular formula is C12H15FN2O3. The molecule has 0 bridgehead atoms. The summed E-state index contributed by atoms with van der Waals surface area (Å²) < 4.78 is 18.7. The Bertz CT molecular complexity index is 484. The first-order chi connectivity index (χ1) is 8.41. The SMILES string of the molecule is Cc1cc(NC2(C)CCOC2)c([N+](=O)[O-])cc1F. The van der Waals surface area contributed by atoms with E-state index in [1.54, 1.807) is 6.92 Å². The lowest BCUT2D eigenvalue weighted by atomic mass is 10.0. The van der Waals surface area contributed by atoms with Crippen molar-refractivity contribution in [2.24, 2.45) is 0 Å². The number of nitro groups is 1. The van der Waals surface area contributed by atoms with Crippen molar-refractivity contribution in [2.75, 3.05) is 18.5 Å². The minimum Gasteiger partial charge on any atom is -0.379 e. The van der Waals surface area contributed by atoms with Crippen LogP contribution in [0.1, 0.15) is 18.9 Å². The summed E-state index contributed by atoms with van der Waals surface area (Å²) in [4.78, 5) is 10.4. The van der Waals surface area contributed by atoms with Crippen molar-refractivity contribution >= 4 is 11.4 Å². The third kappa shape index (κ3) is 2.43. The molecular weight excluding hydrogens is 239 g/mol. The van der Waals surface area contributed by atoms with Gasteiger partial charge in [-0.15, -0.1) is 0 Å². The maximum atomic E-state index is 13.4. The molecule has 5 nitrogen and oxygen atoms in total. The van der Waals surface area contributed by atoms with Gasteiger partial charge in [0.25, 0.3) is 5.69 Å². The van der Waals surface area contributed by atoms with Crippen molar-refractivity contribution < 1.29 is 14.1 Å². The van der Waals surface area contributed by atoms with Gasteiger partial charge in [0.05, 0.1) is 23.1 Å². The molecule has 0 radical (unpaired) electrons. The average Bonchev–Trinajstić information content (AvgIpc) is 2.69. The molecule has 1 heterocycles. The fourth-order valence-electron chi connectivity index (χ4n) is 2.01. The number of anilines is 1. The lowest BCUT2D eigenvalue weighted by Crippen LogP contribution is -2.35. The second kappa shape index (κ2) is 4.53. The topological polar surface area (TPSA) is 64.4 Å². The van der Waals surface area contributed by atoms with Gasteiger partial charge in [0.15, 0.2) is 0 Å². The maximum absolute atomic E-state index is 13.4. The van der Waals surface area contributed by atoms with Crippen LogP contribution in [0.4, 0.5) is 15.8 Å². The van der Waals surface area contributed by atoms with Crippen molar-refractivity contribution in [1.29, 1.82) is 0 Å². The maximum Gasteiger partial charge on any atom is 0.295 e.